The van der Waals surface area contributed by atoms with E-state index < -0.39 is 24.0 Å². The van der Waals surface area contributed by atoms with Crippen molar-refractivity contribution >= 4 is 11.9 Å². The monoisotopic (exact) mass is 236 g/mol. The van der Waals surface area contributed by atoms with Crippen LogP contribution in [0.4, 0.5) is 0 Å². The van der Waals surface area contributed by atoms with Crippen molar-refractivity contribution in [2.24, 2.45) is 5.92 Å². The average molecular weight is 236 g/mol. The molecule has 0 unspecified atom stereocenters. The van der Waals surface area contributed by atoms with Crippen LogP contribution in [0.3, 0.4) is 0 Å². The Labute approximate surface area is 98.0 Å². The summed E-state index contributed by atoms with van der Waals surface area (Å²) in [5.74, 6) is -1.85. The number of benzene rings is 1. The molecule has 0 spiro atoms. The molecule has 17 heavy (non-hydrogen) atoms. The second-order valence-electron chi connectivity index (χ2n) is 3.80. The molecule has 0 aromatic heterocycles. The molecular formula is C12H12O5. The van der Waals surface area contributed by atoms with Crippen LogP contribution in [0.2, 0.25) is 0 Å². The number of hydrogen-bond donors (Lipinski definition) is 1. The highest BCUT2D eigenvalue weighted by atomic mass is 16.6. The van der Waals surface area contributed by atoms with E-state index in [9.17, 15) is 9.59 Å². The van der Waals surface area contributed by atoms with Crippen LogP contribution in [0, 0.1) is 5.92 Å². The fourth-order valence-electron chi connectivity index (χ4n) is 1.96. The number of ether oxygens (including phenoxy) is 2. The predicted octanol–water partition coefficient (Wildman–Crippen LogP) is 1.38. The summed E-state index contributed by atoms with van der Waals surface area (Å²) in [5.41, 5.74) is 0.591. The third kappa shape index (κ3) is 2.08. The molecule has 0 amide bonds. The van der Waals surface area contributed by atoms with Gasteiger partial charge in [0.1, 0.15) is 17.8 Å². The fourth-order valence-corrected chi connectivity index (χ4v) is 1.96. The lowest BCUT2D eigenvalue weighted by Gasteiger charge is -2.17. The van der Waals surface area contributed by atoms with Crippen LogP contribution in [0.5, 0.6) is 5.75 Å². The van der Waals surface area contributed by atoms with E-state index in [1.165, 1.54) is 7.11 Å². The predicted molar refractivity (Wildman–Crippen MR) is 57.6 cm³/mol. The number of carbonyl (C=O) groups is 2. The van der Waals surface area contributed by atoms with Crippen LogP contribution in [0.1, 0.15) is 18.1 Å². The number of aliphatic carboxylic acids is 1. The van der Waals surface area contributed by atoms with Gasteiger partial charge in [0.15, 0.2) is 0 Å². The van der Waals surface area contributed by atoms with Crippen molar-refractivity contribution < 1.29 is 24.2 Å². The van der Waals surface area contributed by atoms with Crippen LogP contribution in [-0.2, 0) is 14.3 Å². The highest BCUT2D eigenvalue weighted by molar-refractivity contribution is 5.83. The minimum absolute atomic E-state index is 0.0992. The van der Waals surface area contributed by atoms with Gasteiger partial charge in [0.25, 0.3) is 0 Å². The lowest BCUT2D eigenvalue weighted by molar-refractivity contribution is -0.144. The molecule has 90 valence electrons. The summed E-state index contributed by atoms with van der Waals surface area (Å²) in [5, 5.41) is 9.05. The van der Waals surface area contributed by atoms with Gasteiger partial charge in [0.2, 0.25) is 0 Å². The molecule has 0 radical (unpaired) electrons. The molecule has 1 N–H and O–H groups in total. The Morgan fingerprint density at radius 2 is 2.18 bits per heavy atom. The summed E-state index contributed by atoms with van der Waals surface area (Å²) in [6.07, 6.45) is -0.867. The van der Waals surface area contributed by atoms with Gasteiger partial charge in [-0.1, -0.05) is 18.2 Å². The van der Waals surface area contributed by atoms with E-state index in [2.05, 4.69) is 0 Å². The van der Waals surface area contributed by atoms with E-state index >= 15 is 0 Å². The maximum absolute atomic E-state index is 11.2. The van der Waals surface area contributed by atoms with Gasteiger partial charge < -0.3 is 14.6 Å². The number of para-hydroxylation sites is 1. The highest BCUT2D eigenvalue weighted by Gasteiger charge is 2.42. The number of cyclic esters (lactones) is 1. The minimum Gasteiger partial charge on any atom is -0.496 e. The van der Waals surface area contributed by atoms with Crippen LogP contribution in [0.25, 0.3) is 0 Å². The van der Waals surface area contributed by atoms with E-state index in [0.29, 0.717) is 11.3 Å². The normalized spacial score (nSPS) is 23.2. The van der Waals surface area contributed by atoms with Gasteiger partial charge in [-0.2, -0.15) is 0 Å². The van der Waals surface area contributed by atoms with Gasteiger partial charge >= 0.3 is 11.9 Å². The largest absolute Gasteiger partial charge is 0.496 e. The Morgan fingerprint density at radius 1 is 1.47 bits per heavy atom. The zero-order valence-electron chi connectivity index (χ0n) is 9.25. The van der Waals surface area contributed by atoms with Crippen molar-refractivity contribution in [3.63, 3.8) is 0 Å². The van der Waals surface area contributed by atoms with E-state index in [4.69, 9.17) is 14.6 Å². The smallest absolute Gasteiger partial charge is 0.311 e. The summed E-state index contributed by atoms with van der Waals surface area (Å²) >= 11 is 0. The molecule has 1 aliphatic rings. The lowest BCUT2D eigenvalue weighted by Crippen LogP contribution is -2.18. The van der Waals surface area contributed by atoms with E-state index in [1.54, 1.807) is 24.3 Å². The number of methoxy groups -OCH3 is 1. The first-order valence-electron chi connectivity index (χ1n) is 5.18. The van der Waals surface area contributed by atoms with Crippen LogP contribution in [-0.4, -0.2) is 24.2 Å². The number of rotatable bonds is 3. The van der Waals surface area contributed by atoms with Gasteiger partial charge in [0.05, 0.1) is 13.5 Å². The van der Waals surface area contributed by atoms with Gasteiger partial charge in [0, 0.05) is 5.56 Å². The summed E-state index contributed by atoms with van der Waals surface area (Å²) in [6, 6.07) is 6.94. The Kier molecular flexibility index (Phi) is 2.99. The van der Waals surface area contributed by atoms with Crippen molar-refractivity contribution in [2.75, 3.05) is 7.11 Å². The lowest BCUT2D eigenvalue weighted by atomic mass is 9.95. The number of hydrogen-bond acceptors (Lipinski definition) is 4. The maximum Gasteiger partial charge on any atom is 0.311 e. The molecular weight excluding hydrogens is 224 g/mol. The first-order chi connectivity index (χ1) is 8.13. The first kappa shape index (κ1) is 11.4. The van der Waals surface area contributed by atoms with Crippen LogP contribution in [0.15, 0.2) is 24.3 Å². The second kappa shape index (κ2) is 4.45. The topological polar surface area (TPSA) is 72.8 Å². The number of esters is 1. The van der Waals surface area contributed by atoms with Crippen molar-refractivity contribution in [3.05, 3.63) is 29.8 Å². The molecule has 0 aliphatic carbocycles. The van der Waals surface area contributed by atoms with Gasteiger partial charge in [-0.3, -0.25) is 9.59 Å². The van der Waals surface area contributed by atoms with Crippen molar-refractivity contribution in [3.8, 4) is 5.75 Å². The third-order valence-electron chi connectivity index (χ3n) is 2.77. The van der Waals surface area contributed by atoms with Crippen LogP contribution >= 0.6 is 0 Å². The molecule has 1 heterocycles. The van der Waals surface area contributed by atoms with Gasteiger partial charge in [-0.15, -0.1) is 0 Å². The van der Waals surface area contributed by atoms with Crippen LogP contribution < -0.4 is 4.74 Å². The Balaban J connectivity index is 2.38. The summed E-state index contributed by atoms with van der Waals surface area (Å²) in [4.78, 5) is 22.3. The molecule has 1 aromatic rings. The number of carbonyl (C=O) groups excluding carboxylic acids is 1. The average Bonchev–Trinajstić information content (AvgIpc) is 2.71. The number of carboxylic acids is 1. The molecule has 1 aromatic carbocycles. The van der Waals surface area contributed by atoms with Gasteiger partial charge in [-0.05, 0) is 6.07 Å². The molecule has 1 fully saturated rings. The molecule has 0 bridgehead atoms. The Morgan fingerprint density at radius 3 is 2.82 bits per heavy atom. The molecule has 2 rings (SSSR count). The molecule has 2 atom stereocenters. The summed E-state index contributed by atoms with van der Waals surface area (Å²) in [7, 11) is 1.49. The molecule has 1 saturated heterocycles. The quantitative estimate of drug-likeness (QED) is 0.803. The van der Waals surface area contributed by atoms with E-state index in [-0.39, 0.29) is 6.42 Å². The Hall–Kier alpha value is -2.04. The zero-order valence-corrected chi connectivity index (χ0v) is 9.25. The van der Waals surface area contributed by atoms with Crippen molar-refractivity contribution in [1.29, 1.82) is 0 Å². The number of carboxylic acid groups (broad SMARTS) is 1. The highest BCUT2D eigenvalue weighted by Crippen LogP contribution is 2.39. The molecule has 1 aliphatic heterocycles. The van der Waals surface area contributed by atoms with E-state index in [1.807, 2.05) is 0 Å². The van der Waals surface area contributed by atoms with Crippen molar-refractivity contribution in [2.45, 2.75) is 12.5 Å². The molecule has 0 saturated carbocycles. The molecule has 5 nitrogen and oxygen atoms in total. The third-order valence-corrected chi connectivity index (χ3v) is 2.77. The van der Waals surface area contributed by atoms with Gasteiger partial charge in [-0.25, -0.2) is 0 Å². The fraction of sp³-hybridized carbons (Fsp3) is 0.333. The standard InChI is InChI=1S/C12H12O5/c1-16-9-5-3-2-4-7(9)11-8(12(14)15)6-10(13)17-11/h2-5,8,11H,6H2,1H3,(H,14,15)/t8-,11-/m1/s1. The Bertz CT molecular complexity index is 454. The SMILES string of the molecule is COc1ccccc1[C@H]1OC(=O)C[C@H]1C(=O)O. The minimum atomic E-state index is -1.04. The zero-order chi connectivity index (χ0) is 12.4. The summed E-state index contributed by atoms with van der Waals surface area (Å²) < 4.78 is 10.2. The molecule has 5 heteroatoms. The second-order valence-corrected chi connectivity index (χ2v) is 3.80. The summed E-state index contributed by atoms with van der Waals surface area (Å²) in [6.45, 7) is 0. The first-order valence-corrected chi connectivity index (χ1v) is 5.18. The van der Waals surface area contributed by atoms with Crippen molar-refractivity contribution in [1.82, 2.24) is 0 Å². The maximum atomic E-state index is 11.2. The van der Waals surface area contributed by atoms with E-state index in [0.717, 1.165) is 0 Å².